The summed E-state index contributed by atoms with van der Waals surface area (Å²) in [4.78, 5) is 39.4. The van der Waals surface area contributed by atoms with E-state index < -0.39 is 18.2 Å². The number of hydrogen-bond acceptors (Lipinski definition) is 6. The Bertz CT molecular complexity index is 1370. The molecule has 2 N–H and O–H groups in total. The maximum atomic E-state index is 13.9. The summed E-state index contributed by atoms with van der Waals surface area (Å²) in [7, 11) is 2.94. The van der Waals surface area contributed by atoms with Gasteiger partial charge in [-0.15, -0.1) is 0 Å². The Balaban J connectivity index is 1.48. The molecule has 3 aromatic carbocycles. The summed E-state index contributed by atoms with van der Waals surface area (Å²) in [5.74, 6) is 1.63. The molecule has 1 saturated carbocycles. The lowest BCUT2D eigenvalue weighted by molar-refractivity contribution is -0.121. The van der Waals surface area contributed by atoms with Crippen molar-refractivity contribution in [2.45, 2.75) is 37.4 Å². The monoisotopic (exact) mass is 517 g/mol. The molecule has 0 spiro atoms. The number of ether oxygens (including phenoxy) is 2. The highest BCUT2D eigenvalue weighted by atomic mass is 16.5. The fourth-order valence-corrected chi connectivity index (χ4v) is 4.92. The number of nitrogens with one attached hydrogen (secondary N) is 1. The van der Waals surface area contributed by atoms with Crippen LogP contribution in [0.2, 0.25) is 0 Å². The van der Waals surface area contributed by atoms with Gasteiger partial charge in [0, 0.05) is 19.2 Å². The van der Waals surface area contributed by atoms with Crippen molar-refractivity contribution < 1.29 is 29.0 Å². The van der Waals surface area contributed by atoms with Gasteiger partial charge < -0.3 is 34.5 Å². The van der Waals surface area contributed by atoms with E-state index in [2.05, 4.69) is 23.5 Å². The van der Waals surface area contributed by atoms with Gasteiger partial charge in [0.15, 0.2) is 0 Å². The number of carbonyl (C=O) groups excluding carboxylic acids is 2. The SMILES string of the molecule is COc1ccc2cc(C3CC3)ccc2c1CN1C(=O)[C@@H](NC[C@@H](C=O)N(C)C(=O)O)COc2ccccc21. The third-order valence-electron chi connectivity index (χ3n) is 7.35. The predicted molar refractivity (Wildman–Crippen MR) is 143 cm³/mol. The Morgan fingerprint density at radius 1 is 1.24 bits per heavy atom. The van der Waals surface area contributed by atoms with Gasteiger partial charge in [-0.25, -0.2) is 4.79 Å². The van der Waals surface area contributed by atoms with Crippen LogP contribution in [0.4, 0.5) is 10.5 Å². The van der Waals surface area contributed by atoms with Crippen LogP contribution in [0.25, 0.3) is 10.8 Å². The molecule has 0 unspecified atom stereocenters. The number of nitrogens with zero attached hydrogens (tertiary/aromatic N) is 2. The Labute approximate surface area is 220 Å². The van der Waals surface area contributed by atoms with Crippen molar-refractivity contribution in [3.8, 4) is 11.5 Å². The molecule has 1 aliphatic carbocycles. The summed E-state index contributed by atoms with van der Waals surface area (Å²) < 4.78 is 11.7. The summed E-state index contributed by atoms with van der Waals surface area (Å²) >= 11 is 0. The minimum atomic E-state index is -1.23. The van der Waals surface area contributed by atoms with Gasteiger partial charge in [-0.05, 0) is 53.3 Å². The van der Waals surface area contributed by atoms with Crippen LogP contribution in [0.1, 0.15) is 29.9 Å². The third-order valence-corrected chi connectivity index (χ3v) is 7.35. The fraction of sp³-hybridized carbons (Fsp3) is 0.345. The van der Waals surface area contributed by atoms with Gasteiger partial charge in [-0.1, -0.05) is 36.4 Å². The van der Waals surface area contributed by atoms with Gasteiger partial charge >= 0.3 is 6.09 Å². The first-order valence-electron chi connectivity index (χ1n) is 12.7. The number of aldehydes is 1. The van der Waals surface area contributed by atoms with Crippen molar-refractivity contribution in [1.82, 2.24) is 10.2 Å². The van der Waals surface area contributed by atoms with Crippen LogP contribution in [0, 0.1) is 0 Å². The first kappa shape index (κ1) is 25.5. The highest BCUT2D eigenvalue weighted by molar-refractivity contribution is 6.00. The largest absolute Gasteiger partial charge is 0.496 e. The summed E-state index contributed by atoms with van der Waals surface area (Å²) in [6, 6.07) is 16.1. The minimum absolute atomic E-state index is 0.0300. The van der Waals surface area contributed by atoms with Crippen LogP contribution >= 0.6 is 0 Å². The molecule has 1 heterocycles. The number of methoxy groups -OCH3 is 1. The van der Waals surface area contributed by atoms with E-state index in [-0.39, 0.29) is 25.6 Å². The molecule has 0 radical (unpaired) electrons. The van der Waals surface area contributed by atoms with Crippen LogP contribution in [-0.2, 0) is 16.1 Å². The van der Waals surface area contributed by atoms with Crippen LogP contribution in [-0.4, -0.2) is 67.7 Å². The molecular weight excluding hydrogens is 486 g/mol. The number of anilines is 1. The molecular formula is C29H31N3O6. The zero-order valence-electron chi connectivity index (χ0n) is 21.4. The quantitative estimate of drug-likeness (QED) is 0.416. The number of hydrogen-bond donors (Lipinski definition) is 2. The molecule has 2 atom stereocenters. The molecule has 0 saturated heterocycles. The van der Waals surface area contributed by atoms with Crippen molar-refractivity contribution in [1.29, 1.82) is 0 Å². The van der Waals surface area contributed by atoms with Crippen molar-refractivity contribution in [2.24, 2.45) is 0 Å². The van der Waals surface area contributed by atoms with E-state index in [0.717, 1.165) is 21.2 Å². The number of likely N-dealkylation sites (N-methyl/N-ethyl adjacent to an activating group) is 1. The Morgan fingerprint density at radius 2 is 2.03 bits per heavy atom. The lowest BCUT2D eigenvalue weighted by Gasteiger charge is -2.28. The number of carboxylic acid groups (broad SMARTS) is 1. The normalized spacial score (nSPS) is 17.8. The van der Waals surface area contributed by atoms with E-state index in [1.807, 2.05) is 36.4 Å². The van der Waals surface area contributed by atoms with Crippen molar-refractivity contribution >= 4 is 34.7 Å². The standard InChI is InChI=1S/C29H31N3O6/c1-31(29(35)36)21(16-33)14-30-24-17-38-27-6-4-3-5-25(27)32(28(24)34)15-23-22-11-9-19(18-7-8-18)13-20(22)10-12-26(23)37-2/h3-6,9-13,16,18,21,24,30H,7-8,14-15,17H2,1-2H3,(H,35,36)/t21-,24-/m0/s1. The maximum absolute atomic E-state index is 13.9. The number of fused-ring (bicyclic) bond motifs is 2. The lowest BCUT2D eigenvalue weighted by atomic mass is 9.98. The zero-order valence-corrected chi connectivity index (χ0v) is 21.4. The van der Waals surface area contributed by atoms with E-state index in [4.69, 9.17) is 9.47 Å². The molecule has 9 nitrogen and oxygen atoms in total. The van der Waals surface area contributed by atoms with Gasteiger partial charge in [-0.2, -0.15) is 0 Å². The first-order chi connectivity index (χ1) is 18.4. The smallest absolute Gasteiger partial charge is 0.407 e. The molecule has 0 aromatic heterocycles. The summed E-state index contributed by atoms with van der Waals surface area (Å²) in [6.07, 6.45) is 1.76. The summed E-state index contributed by atoms with van der Waals surface area (Å²) in [5.41, 5.74) is 2.84. The average Bonchev–Trinajstić information content (AvgIpc) is 3.79. The van der Waals surface area contributed by atoms with E-state index >= 15 is 0 Å². The van der Waals surface area contributed by atoms with Crippen molar-refractivity contribution in [3.05, 3.63) is 65.7 Å². The summed E-state index contributed by atoms with van der Waals surface area (Å²) in [5, 5.41) is 14.4. The van der Waals surface area contributed by atoms with Crippen LogP contribution in [0.15, 0.2) is 54.6 Å². The number of rotatable bonds is 9. The minimum Gasteiger partial charge on any atom is -0.496 e. The molecule has 38 heavy (non-hydrogen) atoms. The van der Waals surface area contributed by atoms with Crippen molar-refractivity contribution in [3.63, 3.8) is 0 Å². The molecule has 0 bridgehead atoms. The number of para-hydroxylation sites is 2. The first-order valence-corrected chi connectivity index (χ1v) is 12.7. The van der Waals surface area contributed by atoms with Crippen LogP contribution < -0.4 is 19.7 Å². The summed E-state index contributed by atoms with van der Waals surface area (Å²) in [6.45, 7) is 0.247. The maximum Gasteiger partial charge on any atom is 0.407 e. The van der Waals surface area contributed by atoms with Crippen molar-refractivity contribution in [2.75, 3.05) is 32.2 Å². The topological polar surface area (TPSA) is 108 Å². The second kappa shape index (κ2) is 10.7. The number of carbonyl (C=O) groups is 3. The Kier molecular flexibility index (Phi) is 7.20. The predicted octanol–water partition coefficient (Wildman–Crippen LogP) is 3.79. The van der Waals surface area contributed by atoms with Gasteiger partial charge in [0.05, 0.1) is 19.3 Å². The van der Waals surface area contributed by atoms with Gasteiger partial charge in [0.2, 0.25) is 5.91 Å². The number of amides is 2. The Morgan fingerprint density at radius 3 is 2.74 bits per heavy atom. The second-order valence-corrected chi connectivity index (χ2v) is 9.76. The van der Waals surface area contributed by atoms with Gasteiger partial charge in [0.25, 0.3) is 0 Å². The Hall–Kier alpha value is -4.11. The lowest BCUT2D eigenvalue weighted by Crippen LogP contribution is -2.53. The zero-order chi connectivity index (χ0) is 26.8. The molecule has 2 aliphatic rings. The average molecular weight is 518 g/mol. The highest BCUT2D eigenvalue weighted by Crippen LogP contribution is 2.42. The molecule has 198 valence electrons. The van der Waals surface area contributed by atoms with Crippen LogP contribution in [0.3, 0.4) is 0 Å². The number of benzene rings is 3. The molecule has 9 heteroatoms. The molecule has 1 fully saturated rings. The second-order valence-electron chi connectivity index (χ2n) is 9.76. The van der Waals surface area contributed by atoms with E-state index in [1.54, 1.807) is 12.0 Å². The third kappa shape index (κ3) is 5.02. The fourth-order valence-electron chi connectivity index (χ4n) is 4.92. The van der Waals surface area contributed by atoms with E-state index in [0.29, 0.717) is 29.4 Å². The molecule has 1 aliphatic heterocycles. The van der Waals surface area contributed by atoms with Gasteiger partial charge in [0.1, 0.15) is 36.5 Å². The van der Waals surface area contributed by atoms with E-state index in [9.17, 15) is 19.5 Å². The van der Waals surface area contributed by atoms with E-state index in [1.165, 1.54) is 25.5 Å². The van der Waals surface area contributed by atoms with Crippen LogP contribution in [0.5, 0.6) is 11.5 Å². The van der Waals surface area contributed by atoms with Gasteiger partial charge in [-0.3, -0.25) is 4.79 Å². The molecule has 2 amide bonds. The molecule has 3 aromatic rings. The highest BCUT2D eigenvalue weighted by Gasteiger charge is 2.33. The molecule has 5 rings (SSSR count).